The van der Waals surface area contributed by atoms with Crippen LogP contribution in [-0.4, -0.2) is 18.0 Å². The first-order valence-electron chi connectivity index (χ1n) is 5.69. The van der Waals surface area contributed by atoms with Crippen LogP contribution >= 0.6 is 23.7 Å². The topological polar surface area (TPSA) is 55.1 Å². The predicted octanol–water partition coefficient (Wildman–Crippen LogP) is 2.35. The summed E-state index contributed by atoms with van der Waals surface area (Å²) in [6.45, 7) is 4.61. The molecule has 0 aliphatic rings. The van der Waals surface area contributed by atoms with Gasteiger partial charge in [-0.1, -0.05) is 19.9 Å². The number of hydrogen-bond donors (Lipinski definition) is 2. The van der Waals surface area contributed by atoms with E-state index in [1.807, 2.05) is 17.5 Å². The average Bonchev–Trinajstić information content (AvgIpc) is 2.79. The fourth-order valence-corrected chi connectivity index (χ4v) is 2.38. The molecule has 1 amide bonds. The molecule has 0 atom stereocenters. The molecule has 0 saturated carbocycles. The first-order chi connectivity index (χ1) is 7.65. The van der Waals surface area contributed by atoms with Gasteiger partial charge in [-0.2, -0.15) is 0 Å². The van der Waals surface area contributed by atoms with E-state index in [4.69, 9.17) is 5.73 Å². The first-order valence-corrected chi connectivity index (χ1v) is 6.57. The maximum absolute atomic E-state index is 11.8. The zero-order chi connectivity index (χ0) is 12.0. The quantitative estimate of drug-likeness (QED) is 0.838. The van der Waals surface area contributed by atoms with Gasteiger partial charge in [0.15, 0.2) is 0 Å². The highest BCUT2D eigenvalue weighted by atomic mass is 35.5. The van der Waals surface area contributed by atoms with Gasteiger partial charge in [0.25, 0.3) is 0 Å². The summed E-state index contributed by atoms with van der Waals surface area (Å²) in [6.07, 6.45) is 2.20. The summed E-state index contributed by atoms with van der Waals surface area (Å²) in [6, 6.07) is 3.94. The molecule has 0 aromatic carbocycles. The maximum atomic E-state index is 11.8. The molecule has 1 rings (SSSR count). The van der Waals surface area contributed by atoms with Crippen LogP contribution < -0.4 is 11.1 Å². The van der Waals surface area contributed by atoms with Crippen LogP contribution in [0.5, 0.6) is 0 Å². The monoisotopic (exact) mass is 276 g/mol. The predicted molar refractivity (Wildman–Crippen MR) is 75.8 cm³/mol. The van der Waals surface area contributed by atoms with Gasteiger partial charge in [-0.05, 0) is 24.3 Å². The highest BCUT2D eigenvalue weighted by molar-refractivity contribution is 7.10. The van der Waals surface area contributed by atoms with Gasteiger partial charge in [0, 0.05) is 11.4 Å². The van der Waals surface area contributed by atoms with Crippen molar-refractivity contribution < 1.29 is 4.79 Å². The zero-order valence-electron chi connectivity index (χ0n) is 10.4. The molecule has 0 aliphatic heterocycles. The normalized spacial score (nSPS) is 10.8. The number of nitrogens with one attached hydrogen (secondary N) is 1. The summed E-state index contributed by atoms with van der Waals surface area (Å²) in [5.41, 5.74) is 5.51. The van der Waals surface area contributed by atoms with Gasteiger partial charge in [0.2, 0.25) is 5.91 Å². The molecule has 98 valence electrons. The maximum Gasteiger partial charge on any atom is 0.225 e. The van der Waals surface area contributed by atoms with Gasteiger partial charge in [-0.15, -0.1) is 23.7 Å². The second kappa shape index (κ2) is 7.69. The van der Waals surface area contributed by atoms with Crippen LogP contribution in [0.15, 0.2) is 17.5 Å². The number of thiophene rings is 1. The van der Waals surface area contributed by atoms with Crippen molar-refractivity contribution in [1.82, 2.24) is 5.32 Å². The molecule has 0 unspecified atom stereocenters. The summed E-state index contributed by atoms with van der Waals surface area (Å²) in [4.78, 5) is 12.9. The van der Waals surface area contributed by atoms with E-state index in [1.54, 1.807) is 11.3 Å². The van der Waals surface area contributed by atoms with Crippen LogP contribution in [0.1, 0.15) is 31.6 Å². The van der Waals surface area contributed by atoms with Crippen molar-refractivity contribution in [2.24, 2.45) is 5.73 Å². The third kappa shape index (κ3) is 4.66. The first kappa shape index (κ1) is 16.4. The van der Waals surface area contributed by atoms with Crippen LogP contribution in [0, 0.1) is 0 Å². The van der Waals surface area contributed by atoms with Crippen molar-refractivity contribution in [3.8, 4) is 0 Å². The van der Waals surface area contributed by atoms with Crippen LogP contribution in [0.25, 0.3) is 0 Å². The number of carbonyl (C=O) groups is 1. The molecule has 0 fully saturated rings. The van der Waals surface area contributed by atoms with Crippen molar-refractivity contribution in [1.29, 1.82) is 0 Å². The fourth-order valence-electron chi connectivity index (χ4n) is 1.68. The molecule has 3 nitrogen and oxygen atoms in total. The standard InChI is InChI=1S/C12H20N2OS.ClH/c1-3-12(4-2,9-13)14-11(15)8-10-6-5-7-16-10;/h5-7H,3-4,8-9,13H2,1-2H3,(H,14,15);1H. The molecule has 17 heavy (non-hydrogen) atoms. The van der Waals surface area contributed by atoms with Crippen molar-refractivity contribution >= 4 is 29.7 Å². The third-order valence-corrected chi connectivity index (χ3v) is 3.94. The second-order valence-corrected chi connectivity index (χ2v) is 5.03. The summed E-state index contributed by atoms with van der Waals surface area (Å²) >= 11 is 1.61. The molecular formula is C12H21ClN2OS. The lowest BCUT2D eigenvalue weighted by Gasteiger charge is -2.31. The lowest BCUT2D eigenvalue weighted by atomic mass is 9.93. The number of nitrogens with two attached hydrogens (primary N) is 1. The number of rotatable bonds is 6. The van der Waals surface area contributed by atoms with Gasteiger partial charge in [-0.25, -0.2) is 0 Å². The Hall–Kier alpha value is -0.580. The van der Waals surface area contributed by atoms with Crippen molar-refractivity contribution in [2.45, 2.75) is 38.6 Å². The van der Waals surface area contributed by atoms with E-state index < -0.39 is 0 Å². The summed E-state index contributed by atoms with van der Waals surface area (Å²) < 4.78 is 0. The lowest BCUT2D eigenvalue weighted by molar-refractivity contribution is -0.122. The Balaban J connectivity index is 0.00000256. The number of hydrogen-bond acceptors (Lipinski definition) is 3. The SMILES string of the molecule is CCC(CC)(CN)NC(=O)Cc1cccs1.Cl. The van der Waals surface area contributed by atoms with Gasteiger partial charge < -0.3 is 11.1 Å². The van der Waals surface area contributed by atoms with Crippen molar-refractivity contribution in [3.05, 3.63) is 22.4 Å². The minimum Gasteiger partial charge on any atom is -0.349 e. The van der Waals surface area contributed by atoms with Crippen LogP contribution in [0.2, 0.25) is 0 Å². The Morgan fingerprint density at radius 1 is 1.47 bits per heavy atom. The Morgan fingerprint density at radius 2 is 2.12 bits per heavy atom. The number of carbonyl (C=O) groups excluding carboxylic acids is 1. The Labute approximate surface area is 113 Å². The van der Waals surface area contributed by atoms with E-state index in [9.17, 15) is 4.79 Å². The van der Waals surface area contributed by atoms with Gasteiger partial charge in [-0.3, -0.25) is 4.79 Å². The minimum absolute atomic E-state index is 0. The van der Waals surface area contributed by atoms with Crippen LogP contribution in [-0.2, 0) is 11.2 Å². The van der Waals surface area contributed by atoms with E-state index in [2.05, 4.69) is 19.2 Å². The highest BCUT2D eigenvalue weighted by Crippen LogP contribution is 2.15. The molecule has 0 saturated heterocycles. The minimum atomic E-state index is -0.228. The molecule has 1 aromatic heterocycles. The lowest BCUT2D eigenvalue weighted by Crippen LogP contribution is -2.53. The molecule has 0 bridgehead atoms. The smallest absolute Gasteiger partial charge is 0.225 e. The molecule has 0 radical (unpaired) electrons. The van der Waals surface area contributed by atoms with Gasteiger partial charge >= 0.3 is 0 Å². The number of amides is 1. The van der Waals surface area contributed by atoms with Crippen molar-refractivity contribution in [2.75, 3.05) is 6.54 Å². The largest absolute Gasteiger partial charge is 0.349 e. The summed E-state index contributed by atoms with van der Waals surface area (Å²) in [5, 5.41) is 5.05. The molecule has 5 heteroatoms. The molecule has 0 spiro atoms. The molecule has 1 aromatic rings. The van der Waals surface area contributed by atoms with E-state index >= 15 is 0 Å². The van der Waals surface area contributed by atoms with E-state index in [-0.39, 0.29) is 23.9 Å². The summed E-state index contributed by atoms with van der Waals surface area (Å²) in [7, 11) is 0. The third-order valence-electron chi connectivity index (χ3n) is 3.06. The average molecular weight is 277 g/mol. The van der Waals surface area contributed by atoms with Crippen molar-refractivity contribution in [3.63, 3.8) is 0 Å². The molecule has 0 aliphatic carbocycles. The molecule has 1 heterocycles. The molecule has 3 N–H and O–H groups in total. The Bertz CT molecular complexity index is 315. The summed E-state index contributed by atoms with van der Waals surface area (Å²) in [5.74, 6) is 0.0663. The van der Waals surface area contributed by atoms with Crippen LogP contribution in [0.4, 0.5) is 0 Å². The van der Waals surface area contributed by atoms with Gasteiger partial charge in [0.1, 0.15) is 0 Å². The van der Waals surface area contributed by atoms with E-state index in [1.165, 1.54) is 0 Å². The second-order valence-electron chi connectivity index (χ2n) is 4.00. The van der Waals surface area contributed by atoms with E-state index in [0.29, 0.717) is 13.0 Å². The fraction of sp³-hybridized carbons (Fsp3) is 0.583. The Morgan fingerprint density at radius 3 is 2.53 bits per heavy atom. The van der Waals surface area contributed by atoms with E-state index in [0.717, 1.165) is 17.7 Å². The van der Waals surface area contributed by atoms with Crippen LogP contribution in [0.3, 0.4) is 0 Å². The highest BCUT2D eigenvalue weighted by Gasteiger charge is 2.26. The van der Waals surface area contributed by atoms with Gasteiger partial charge in [0.05, 0.1) is 12.0 Å². The zero-order valence-corrected chi connectivity index (χ0v) is 12.0. The molecular weight excluding hydrogens is 256 g/mol. The number of halogens is 1. The Kier molecular flexibility index (Phi) is 7.43.